The van der Waals surface area contributed by atoms with Gasteiger partial charge in [-0.2, -0.15) is 0 Å². The SMILES string of the molecule is CC(C)c1cc(C(C)C)c(B2c3ccccc3[P+](C)(C)c3ccccc32)c(C(C)C)c1. The molecule has 31 heavy (non-hydrogen) atoms. The van der Waals surface area contributed by atoms with E-state index < -0.39 is 7.26 Å². The average molecular weight is 427 g/mol. The predicted octanol–water partition coefficient (Wildman–Crippen LogP) is 5.11. The fraction of sp³-hybridized carbons (Fsp3) is 0.379. The molecular formula is C29H37BP+. The second kappa shape index (κ2) is 8.25. The van der Waals surface area contributed by atoms with E-state index in [1.165, 1.54) is 27.6 Å². The van der Waals surface area contributed by atoms with Gasteiger partial charge in [0.2, 0.25) is 0 Å². The van der Waals surface area contributed by atoms with Gasteiger partial charge in [-0.25, -0.2) is 0 Å². The molecule has 0 amide bonds. The standard InChI is InChI=1S/C29H37BP/c1-19(2)22-17-23(20(3)4)29(24(18-22)21(5)6)30-25-13-9-11-15-27(25)31(7,8)28-16-12-10-14-26(28)30/h9-21H,1-8H3/q+1. The van der Waals surface area contributed by atoms with Crippen LogP contribution >= 0.6 is 7.26 Å². The maximum atomic E-state index is 2.51. The third-order valence-corrected chi connectivity index (χ3v) is 10.4. The normalized spacial score (nSPS) is 14.9. The molecule has 0 radical (unpaired) electrons. The molecule has 0 N–H and O–H groups in total. The Labute approximate surface area is 190 Å². The van der Waals surface area contributed by atoms with E-state index in [2.05, 4.69) is 116 Å². The predicted molar refractivity (Wildman–Crippen MR) is 144 cm³/mol. The lowest BCUT2D eigenvalue weighted by molar-refractivity contribution is 0.812. The van der Waals surface area contributed by atoms with E-state index in [4.69, 9.17) is 0 Å². The molecule has 4 rings (SSSR count). The third kappa shape index (κ3) is 3.70. The Bertz CT molecular complexity index is 1030. The van der Waals surface area contributed by atoms with Crippen molar-refractivity contribution in [1.29, 1.82) is 0 Å². The quantitative estimate of drug-likeness (QED) is 0.401. The number of hydrogen-bond donors (Lipinski definition) is 0. The van der Waals surface area contributed by atoms with Crippen molar-refractivity contribution in [2.75, 3.05) is 13.3 Å². The van der Waals surface area contributed by atoms with E-state index in [1.54, 1.807) is 16.1 Å². The van der Waals surface area contributed by atoms with Crippen LogP contribution in [0.25, 0.3) is 0 Å². The second-order valence-electron chi connectivity index (χ2n) is 10.6. The van der Waals surface area contributed by atoms with Crippen LogP contribution in [0.1, 0.15) is 76.0 Å². The van der Waals surface area contributed by atoms with Crippen LogP contribution in [0.4, 0.5) is 0 Å². The zero-order chi connectivity index (χ0) is 22.5. The van der Waals surface area contributed by atoms with Gasteiger partial charge in [0.1, 0.15) is 0 Å². The number of benzene rings is 3. The number of rotatable bonds is 4. The molecular weight excluding hydrogens is 390 g/mol. The maximum Gasteiger partial charge on any atom is 0.252 e. The zero-order valence-corrected chi connectivity index (χ0v) is 21.4. The summed E-state index contributed by atoms with van der Waals surface area (Å²) in [5.74, 6) is 1.53. The summed E-state index contributed by atoms with van der Waals surface area (Å²) in [4.78, 5) is 0. The van der Waals surface area contributed by atoms with Crippen molar-refractivity contribution in [3.63, 3.8) is 0 Å². The van der Waals surface area contributed by atoms with Gasteiger partial charge in [-0.05, 0) is 57.5 Å². The third-order valence-electron chi connectivity index (χ3n) is 7.17. The van der Waals surface area contributed by atoms with Crippen molar-refractivity contribution in [2.45, 2.75) is 59.3 Å². The first kappa shape index (κ1) is 22.4. The van der Waals surface area contributed by atoms with Crippen LogP contribution < -0.4 is 27.0 Å². The average Bonchev–Trinajstić information content (AvgIpc) is 2.73. The fourth-order valence-corrected chi connectivity index (χ4v) is 8.31. The maximum absolute atomic E-state index is 2.51. The van der Waals surface area contributed by atoms with Crippen LogP contribution in [0.5, 0.6) is 0 Å². The largest absolute Gasteiger partial charge is 0.252 e. The van der Waals surface area contributed by atoms with Gasteiger partial charge in [0.15, 0.2) is 0 Å². The fourth-order valence-electron chi connectivity index (χ4n) is 5.43. The van der Waals surface area contributed by atoms with E-state index in [9.17, 15) is 0 Å². The Hall–Kier alpha value is -1.85. The Morgan fingerprint density at radius 3 is 1.42 bits per heavy atom. The summed E-state index contributed by atoms with van der Waals surface area (Å²) >= 11 is 0. The van der Waals surface area contributed by atoms with Crippen molar-refractivity contribution in [2.24, 2.45) is 0 Å². The highest BCUT2D eigenvalue weighted by molar-refractivity contribution is 7.89. The first-order chi connectivity index (χ1) is 14.6. The van der Waals surface area contributed by atoms with E-state index in [0.717, 1.165) is 0 Å². The van der Waals surface area contributed by atoms with Crippen LogP contribution in [0.3, 0.4) is 0 Å². The van der Waals surface area contributed by atoms with Gasteiger partial charge >= 0.3 is 0 Å². The second-order valence-corrected chi connectivity index (χ2v) is 14.5. The zero-order valence-electron chi connectivity index (χ0n) is 20.5. The molecule has 0 aromatic heterocycles. The summed E-state index contributed by atoms with van der Waals surface area (Å²) in [7, 11) is -1.38. The van der Waals surface area contributed by atoms with Crippen LogP contribution in [0.15, 0.2) is 60.7 Å². The lowest BCUT2D eigenvalue weighted by Gasteiger charge is -2.35. The number of hydrogen-bond acceptors (Lipinski definition) is 0. The summed E-state index contributed by atoms with van der Waals surface area (Å²) in [5, 5.41) is 3.16. The highest BCUT2D eigenvalue weighted by Crippen LogP contribution is 2.48. The summed E-state index contributed by atoms with van der Waals surface area (Å²) < 4.78 is 0. The molecule has 1 aliphatic heterocycles. The molecule has 1 aliphatic rings. The highest BCUT2D eigenvalue weighted by Gasteiger charge is 2.46. The molecule has 0 nitrogen and oxygen atoms in total. The minimum atomic E-state index is -1.38. The summed E-state index contributed by atoms with van der Waals surface area (Å²) in [6.07, 6.45) is 0. The first-order valence-corrected chi connectivity index (χ1v) is 14.5. The van der Waals surface area contributed by atoms with E-state index in [-0.39, 0.29) is 0 Å². The smallest absolute Gasteiger partial charge is 0.0631 e. The van der Waals surface area contributed by atoms with Gasteiger partial charge in [0.25, 0.3) is 6.71 Å². The molecule has 1 heterocycles. The lowest BCUT2D eigenvalue weighted by Crippen LogP contribution is -2.66. The van der Waals surface area contributed by atoms with Crippen molar-refractivity contribution in [3.8, 4) is 0 Å². The van der Waals surface area contributed by atoms with Gasteiger partial charge in [0.05, 0.1) is 31.2 Å². The monoisotopic (exact) mass is 427 g/mol. The first-order valence-electron chi connectivity index (χ1n) is 11.8. The molecule has 0 bridgehead atoms. The summed E-state index contributed by atoms with van der Waals surface area (Å²) in [6, 6.07) is 23.6. The van der Waals surface area contributed by atoms with Crippen molar-refractivity contribution in [3.05, 3.63) is 77.4 Å². The molecule has 0 unspecified atom stereocenters. The lowest BCUT2D eigenvalue weighted by atomic mass is 9.34. The Balaban J connectivity index is 2.12. The van der Waals surface area contributed by atoms with E-state index in [1.807, 2.05) is 0 Å². The van der Waals surface area contributed by atoms with E-state index >= 15 is 0 Å². The molecule has 160 valence electrons. The Morgan fingerprint density at radius 2 is 1.03 bits per heavy atom. The van der Waals surface area contributed by atoms with Gasteiger partial charge in [0, 0.05) is 0 Å². The van der Waals surface area contributed by atoms with Crippen LogP contribution in [-0.4, -0.2) is 20.0 Å². The van der Waals surface area contributed by atoms with Crippen LogP contribution in [-0.2, 0) is 0 Å². The molecule has 0 saturated carbocycles. The van der Waals surface area contributed by atoms with Gasteiger partial charge in [-0.3, -0.25) is 0 Å². The number of fused-ring (bicyclic) bond motifs is 2. The Kier molecular flexibility index (Phi) is 5.95. The Morgan fingerprint density at radius 1 is 0.613 bits per heavy atom. The minimum Gasteiger partial charge on any atom is -0.0631 e. The van der Waals surface area contributed by atoms with Crippen LogP contribution in [0.2, 0.25) is 0 Å². The topological polar surface area (TPSA) is 0 Å². The van der Waals surface area contributed by atoms with Gasteiger partial charge in [-0.15, -0.1) is 0 Å². The molecule has 2 heteroatoms. The summed E-state index contributed by atoms with van der Waals surface area (Å²) in [6.45, 7) is 19.4. The summed E-state index contributed by atoms with van der Waals surface area (Å²) in [5.41, 5.74) is 9.15. The molecule has 3 aromatic carbocycles. The van der Waals surface area contributed by atoms with Crippen LogP contribution in [0, 0.1) is 0 Å². The minimum absolute atomic E-state index is 0.316. The molecule has 0 fully saturated rings. The van der Waals surface area contributed by atoms with Crippen molar-refractivity contribution >= 4 is 41.0 Å². The molecule has 0 spiro atoms. The van der Waals surface area contributed by atoms with Gasteiger partial charge < -0.3 is 0 Å². The van der Waals surface area contributed by atoms with E-state index in [0.29, 0.717) is 24.5 Å². The van der Waals surface area contributed by atoms with Crippen molar-refractivity contribution in [1.82, 2.24) is 0 Å². The van der Waals surface area contributed by atoms with Gasteiger partial charge in [-0.1, -0.05) is 95.5 Å². The molecule has 0 saturated heterocycles. The van der Waals surface area contributed by atoms with Crippen molar-refractivity contribution < 1.29 is 0 Å². The molecule has 0 aliphatic carbocycles. The molecule has 0 atom stereocenters. The molecule has 3 aromatic rings. The highest BCUT2D eigenvalue weighted by atomic mass is 31.2.